The number of halogens is 1. The van der Waals surface area contributed by atoms with Crippen LogP contribution in [0.2, 0.25) is 5.02 Å². The molecule has 0 saturated carbocycles. The number of nitrogen functional groups attached to an aromatic ring is 1. The summed E-state index contributed by atoms with van der Waals surface area (Å²) in [7, 11) is 0. The molecule has 0 aliphatic heterocycles. The smallest absolute Gasteiger partial charge is 0.267 e. The minimum Gasteiger partial charge on any atom is -0.382 e. The summed E-state index contributed by atoms with van der Waals surface area (Å²) in [4.78, 5) is 31.1. The van der Waals surface area contributed by atoms with Crippen LogP contribution < -0.4 is 16.6 Å². The van der Waals surface area contributed by atoms with Crippen molar-refractivity contribution in [3.8, 4) is 11.8 Å². The molecule has 9 nitrogen and oxygen atoms in total. The van der Waals surface area contributed by atoms with Crippen LogP contribution in [0.3, 0.4) is 0 Å². The minimum atomic E-state index is -0.540. The first-order valence-electron chi connectivity index (χ1n) is 10.2. The van der Waals surface area contributed by atoms with Crippen molar-refractivity contribution in [2.24, 2.45) is 0 Å². The molecule has 1 atom stereocenters. The molecule has 0 aliphatic rings. The van der Waals surface area contributed by atoms with Gasteiger partial charge in [0.25, 0.3) is 5.56 Å². The van der Waals surface area contributed by atoms with Crippen molar-refractivity contribution >= 4 is 34.1 Å². The van der Waals surface area contributed by atoms with Gasteiger partial charge in [0.05, 0.1) is 33.9 Å². The van der Waals surface area contributed by atoms with Gasteiger partial charge in [0.1, 0.15) is 29.1 Å². The summed E-state index contributed by atoms with van der Waals surface area (Å²) in [6.07, 6.45) is 3.36. The van der Waals surface area contributed by atoms with Gasteiger partial charge in [-0.15, -0.1) is 0 Å². The Morgan fingerprint density at radius 2 is 1.94 bits per heavy atom. The van der Waals surface area contributed by atoms with Gasteiger partial charge in [-0.2, -0.15) is 5.26 Å². The molecule has 0 fully saturated rings. The van der Waals surface area contributed by atoms with Gasteiger partial charge in [-0.25, -0.2) is 15.0 Å². The molecule has 4 rings (SSSR count). The van der Waals surface area contributed by atoms with Crippen LogP contribution in [0.1, 0.15) is 41.3 Å². The highest BCUT2D eigenvalue weighted by molar-refractivity contribution is 6.35. The Morgan fingerprint density at radius 1 is 1.18 bits per heavy atom. The van der Waals surface area contributed by atoms with Gasteiger partial charge in [-0.1, -0.05) is 17.7 Å². The van der Waals surface area contributed by atoms with E-state index in [1.807, 2.05) is 26.8 Å². The highest BCUT2D eigenvalue weighted by atomic mass is 35.5. The average molecular weight is 461 g/mol. The third-order valence-electron chi connectivity index (χ3n) is 5.46. The number of aryl methyl sites for hydroxylation is 2. The zero-order chi connectivity index (χ0) is 23.9. The van der Waals surface area contributed by atoms with Crippen molar-refractivity contribution < 1.29 is 0 Å². The van der Waals surface area contributed by atoms with E-state index in [1.165, 1.54) is 4.57 Å². The molecule has 0 aliphatic carbocycles. The van der Waals surface area contributed by atoms with Crippen LogP contribution in [0.4, 0.5) is 11.6 Å². The summed E-state index contributed by atoms with van der Waals surface area (Å²) in [5.41, 5.74) is 8.59. The van der Waals surface area contributed by atoms with E-state index in [-0.39, 0.29) is 22.8 Å². The molecule has 33 heavy (non-hydrogen) atoms. The van der Waals surface area contributed by atoms with Gasteiger partial charge in [-0.3, -0.25) is 14.3 Å². The van der Waals surface area contributed by atoms with Crippen molar-refractivity contribution in [1.82, 2.24) is 24.5 Å². The van der Waals surface area contributed by atoms with Gasteiger partial charge >= 0.3 is 0 Å². The van der Waals surface area contributed by atoms with E-state index in [0.29, 0.717) is 33.3 Å². The van der Waals surface area contributed by atoms with Gasteiger partial charge in [0.2, 0.25) is 0 Å². The Hall–Kier alpha value is -4.03. The second-order valence-corrected chi connectivity index (χ2v) is 8.11. The fraction of sp³-hybridized carbons (Fsp3) is 0.217. The molecule has 4 aromatic rings. The number of aromatic nitrogens is 5. The van der Waals surface area contributed by atoms with Crippen LogP contribution in [0.25, 0.3) is 16.6 Å². The maximum Gasteiger partial charge on any atom is 0.267 e. The first-order valence-corrected chi connectivity index (χ1v) is 10.5. The minimum absolute atomic E-state index is 0.0778. The van der Waals surface area contributed by atoms with Crippen LogP contribution in [0.15, 0.2) is 35.4 Å². The molecule has 3 N–H and O–H groups in total. The Bertz CT molecular complexity index is 1510. The Kier molecular flexibility index (Phi) is 5.70. The third-order valence-corrected chi connectivity index (χ3v) is 5.77. The lowest BCUT2D eigenvalue weighted by Crippen LogP contribution is -2.28. The number of nitriles is 1. The Balaban J connectivity index is 1.99. The van der Waals surface area contributed by atoms with E-state index in [0.717, 1.165) is 11.1 Å². The lowest BCUT2D eigenvalue weighted by molar-refractivity contribution is 0.725. The highest BCUT2D eigenvalue weighted by Crippen LogP contribution is 2.27. The quantitative estimate of drug-likeness (QED) is 0.469. The summed E-state index contributed by atoms with van der Waals surface area (Å²) >= 11 is 6.38. The van der Waals surface area contributed by atoms with Crippen LogP contribution in [0, 0.1) is 32.1 Å². The normalized spacial score (nSPS) is 11.9. The lowest BCUT2D eigenvalue weighted by atomic mass is 10.1. The topological polar surface area (TPSA) is 135 Å². The first kappa shape index (κ1) is 22.2. The van der Waals surface area contributed by atoms with Crippen LogP contribution in [-0.4, -0.2) is 24.5 Å². The fourth-order valence-corrected chi connectivity index (χ4v) is 3.90. The van der Waals surface area contributed by atoms with Crippen molar-refractivity contribution in [2.75, 3.05) is 11.1 Å². The predicted octanol–water partition coefficient (Wildman–Crippen LogP) is 3.78. The molecule has 0 bridgehead atoms. The molecule has 3 heterocycles. The monoisotopic (exact) mass is 460 g/mol. The fourth-order valence-electron chi connectivity index (χ4n) is 3.65. The molecule has 3 aromatic heterocycles. The molecule has 166 valence electrons. The molecule has 0 spiro atoms. The number of benzene rings is 1. The van der Waals surface area contributed by atoms with E-state index in [2.05, 4.69) is 20.3 Å². The second kappa shape index (κ2) is 8.48. The van der Waals surface area contributed by atoms with Gasteiger partial charge < -0.3 is 11.1 Å². The van der Waals surface area contributed by atoms with E-state index in [1.54, 1.807) is 37.5 Å². The van der Waals surface area contributed by atoms with Crippen LogP contribution in [-0.2, 0) is 0 Å². The van der Waals surface area contributed by atoms with Crippen molar-refractivity contribution in [3.05, 3.63) is 74.3 Å². The largest absolute Gasteiger partial charge is 0.382 e. The maximum atomic E-state index is 13.7. The standard InChI is InChI=1S/C23H21ClN8O/c1-11-9-27-10-18(12(11)2)32-22(31-17-7-5-6-16(24)19(17)23(32)33)13(3)28-21-15(8-25)20(26)29-14(4)30-21/h5-7,9-10,13H,1-4H3,(H3,26,28,29,30)/t13-/m0/s1. The Morgan fingerprint density at radius 3 is 2.67 bits per heavy atom. The molecular formula is C23H21ClN8O. The summed E-state index contributed by atoms with van der Waals surface area (Å²) in [5.74, 6) is 1.16. The number of nitrogens with one attached hydrogen (secondary N) is 1. The maximum absolute atomic E-state index is 13.7. The van der Waals surface area contributed by atoms with Crippen molar-refractivity contribution in [3.63, 3.8) is 0 Å². The summed E-state index contributed by atoms with van der Waals surface area (Å²) in [6, 6.07) is 6.62. The van der Waals surface area contributed by atoms with Gasteiger partial charge in [0, 0.05) is 6.20 Å². The number of fused-ring (bicyclic) bond motifs is 1. The molecule has 0 unspecified atom stereocenters. The second-order valence-electron chi connectivity index (χ2n) is 7.70. The van der Waals surface area contributed by atoms with E-state index >= 15 is 0 Å². The zero-order valence-electron chi connectivity index (χ0n) is 18.5. The molecule has 0 radical (unpaired) electrons. The average Bonchev–Trinajstić information content (AvgIpc) is 2.75. The van der Waals surface area contributed by atoms with Crippen molar-refractivity contribution in [2.45, 2.75) is 33.7 Å². The van der Waals surface area contributed by atoms with Crippen LogP contribution in [0.5, 0.6) is 0 Å². The van der Waals surface area contributed by atoms with Crippen LogP contribution >= 0.6 is 11.6 Å². The number of hydrogen-bond donors (Lipinski definition) is 2. The van der Waals surface area contributed by atoms with Crippen molar-refractivity contribution in [1.29, 1.82) is 5.26 Å². The highest BCUT2D eigenvalue weighted by Gasteiger charge is 2.22. The number of anilines is 2. The summed E-state index contributed by atoms with van der Waals surface area (Å²) < 4.78 is 1.50. The van der Waals surface area contributed by atoms with E-state index in [4.69, 9.17) is 22.3 Å². The van der Waals surface area contributed by atoms with E-state index in [9.17, 15) is 10.1 Å². The van der Waals surface area contributed by atoms with E-state index < -0.39 is 6.04 Å². The number of pyridine rings is 1. The summed E-state index contributed by atoms with van der Waals surface area (Å²) in [6.45, 7) is 7.34. The number of nitrogens with two attached hydrogens (primary N) is 1. The predicted molar refractivity (Wildman–Crippen MR) is 128 cm³/mol. The number of nitrogens with zero attached hydrogens (tertiary/aromatic N) is 6. The summed E-state index contributed by atoms with van der Waals surface area (Å²) in [5, 5.41) is 13.4. The SMILES string of the molecule is Cc1nc(N)c(C#N)c(N[C@@H](C)c2nc3cccc(Cl)c3c(=O)n2-c2cncc(C)c2C)n1. The third kappa shape index (κ3) is 3.85. The first-order chi connectivity index (χ1) is 15.7. The number of hydrogen-bond acceptors (Lipinski definition) is 8. The molecule has 0 saturated heterocycles. The molecule has 0 amide bonds. The molecule has 10 heteroatoms. The number of rotatable bonds is 4. The molecule has 1 aromatic carbocycles. The lowest BCUT2D eigenvalue weighted by Gasteiger charge is -2.22. The Labute approximate surface area is 194 Å². The zero-order valence-corrected chi connectivity index (χ0v) is 19.3. The molecular weight excluding hydrogens is 440 g/mol. The van der Waals surface area contributed by atoms with Gasteiger partial charge in [-0.05, 0) is 51.0 Å². The van der Waals surface area contributed by atoms with Gasteiger partial charge in [0.15, 0.2) is 5.82 Å².